The molecule has 0 aromatic heterocycles. The van der Waals surface area contributed by atoms with E-state index < -0.39 is 29.7 Å². The van der Waals surface area contributed by atoms with Crippen molar-refractivity contribution in [2.75, 3.05) is 6.61 Å². The van der Waals surface area contributed by atoms with Crippen LogP contribution >= 0.6 is 11.6 Å². The van der Waals surface area contributed by atoms with E-state index >= 15 is 0 Å². The third kappa shape index (κ3) is 5.37. The summed E-state index contributed by atoms with van der Waals surface area (Å²) in [5.41, 5.74) is 5.66. The van der Waals surface area contributed by atoms with Crippen LogP contribution in [-0.4, -0.2) is 30.4 Å². The van der Waals surface area contributed by atoms with Gasteiger partial charge in [-0.15, -0.1) is 0 Å². The molecule has 0 heterocycles. The number of benzene rings is 1. The number of nitrogens with two attached hydrogens (primary N) is 1. The summed E-state index contributed by atoms with van der Waals surface area (Å²) in [6, 6.07) is 5.24. The highest BCUT2D eigenvalue weighted by molar-refractivity contribution is 6.30. The van der Waals surface area contributed by atoms with Gasteiger partial charge in [0.2, 0.25) is 5.91 Å². The SMILES string of the molecule is CCOC(=O)C[C@H](C)[C@H](NC(=O)c1ccc(Cl)cc1)C(N)=O. The summed E-state index contributed by atoms with van der Waals surface area (Å²) < 4.78 is 4.83. The molecule has 1 aromatic carbocycles. The predicted octanol–water partition coefficient (Wildman–Crippen LogP) is 1.51. The standard InChI is InChI=1S/C15H19ClN2O4/c1-3-22-12(19)8-9(2)13(14(17)20)18-15(21)10-4-6-11(16)7-5-10/h4-7,9,13H,3,8H2,1-2H3,(H2,17,20)(H,18,21)/t9-,13-/m0/s1. The molecule has 6 nitrogen and oxygen atoms in total. The topological polar surface area (TPSA) is 98.5 Å². The van der Waals surface area contributed by atoms with Gasteiger partial charge in [0.1, 0.15) is 6.04 Å². The molecule has 1 rings (SSSR count). The number of hydrogen-bond acceptors (Lipinski definition) is 4. The molecule has 0 bridgehead atoms. The van der Waals surface area contributed by atoms with Gasteiger partial charge in [-0.3, -0.25) is 14.4 Å². The lowest BCUT2D eigenvalue weighted by Gasteiger charge is -2.21. The molecule has 120 valence electrons. The molecule has 3 N–H and O–H groups in total. The maximum Gasteiger partial charge on any atom is 0.306 e. The average Bonchev–Trinajstić information content (AvgIpc) is 2.44. The summed E-state index contributed by atoms with van der Waals surface area (Å²) in [5.74, 6) is -2.09. The first-order valence-corrected chi connectivity index (χ1v) is 7.24. The highest BCUT2D eigenvalue weighted by Gasteiger charge is 2.27. The zero-order valence-electron chi connectivity index (χ0n) is 12.5. The van der Waals surface area contributed by atoms with Gasteiger partial charge in [0.05, 0.1) is 13.0 Å². The number of esters is 1. The number of primary amides is 1. The zero-order chi connectivity index (χ0) is 16.7. The van der Waals surface area contributed by atoms with Crippen molar-refractivity contribution in [3.8, 4) is 0 Å². The van der Waals surface area contributed by atoms with Crippen LogP contribution in [0.5, 0.6) is 0 Å². The molecule has 7 heteroatoms. The quantitative estimate of drug-likeness (QED) is 0.742. The second-order valence-electron chi connectivity index (χ2n) is 4.85. The Labute approximate surface area is 134 Å². The third-order valence-electron chi connectivity index (χ3n) is 3.06. The summed E-state index contributed by atoms with van der Waals surface area (Å²) in [7, 11) is 0. The molecular weight excluding hydrogens is 308 g/mol. The average molecular weight is 327 g/mol. The first-order valence-electron chi connectivity index (χ1n) is 6.86. The summed E-state index contributed by atoms with van der Waals surface area (Å²) >= 11 is 5.75. The van der Waals surface area contributed by atoms with Gasteiger partial charge in [0.25, 0.3) is 5.91 Å². The number of rotatable bonds is 7. The van der Waals surface area contributed by atoms with Crippen molar-refractivity contribution < 1.29 is 19.1 Å². The van der Waals surface area contributed by atoms with Gasteiger partial charge in [0, 0.05) is 10.6 Å². The van der Waals surface area contributed by atoms with Crippen LogP contribution in [-0.2, 0) is 14.3 Å². The monoisotopic (exact) mass is 326 g/mol. The van der Waals surface area contributed by atoms with Crippen LogP contribution in [0, 0.1) is 5.92 Å². The first kappa shape index (κ1) is 18.0. The van der Waals surface area contributed by atoms with Crippen LogP contribution in [0.25, 0.3) is 0 Å². The van der Waals surface area contributed by atoms with Crippen molar-refractivity contribution in [3.63, 3.8) is 0 Å². The Bertz CT molecular complexity index is 545. The molecule has 0 aliphatic carbocycles. The third-order valence-corrected chi connectivity index (χ3v) is 3.31. The molecule has 1 aromatic rings. The number of hydrogen-bond donors (Lipinski definition) is 2. The number of ether oxygens (including phenoxy) is 1. The summed E-state index contributed by atoms with van der Waals surface area (Å²) in [6.07, 6.45) is -0.0116. The van der Waals surface area contributed by atoms with E-state index in [1.165, 1.54) is 12.1 Å². The summed E-state index contributed by atoms with van der Waals surface area (Å²) in [4.78, 5) is 35.1. The van der Waals surface area contributed by atoms with Gasteiger partial charge in [-0.2, -0.15) is 0 Å². The largest absolute Gasteiger partial charge is 0.466 e. The number of carbonyl (C=O) groups is 3. The first-order chi connectivity index (χ1) is 10.3. The van der Waals surface area contributed by atoms with Crippen LogP contribution in [0.3, 0.4) is 0 Å². The minimum Gasteiger partial charge on any atom is -0.466 e. The van der Waals surface area contributed by atoms with E-state index in [4.69, 9.17) is 22.1 Å². The predicted molar refractivity (Wildman–Crippen MR) is 82.3 cm³/mol. The van der Waals surface area contributed by atoms with Gasteiger partial charge in [-0.1, -0.05) is 18.5 Å². The van der Waals surface area contributed by atoms with Gasteiger partial charge < -0.3 is 15.8 Å². The smallest absolute Gasteiger partial charge is 0.306 e. The van der Waals surface area contributed by atoms with E-state index in [9.17, 15) is 14.4 Å². The summed E-state index contributed by atoms with van der Waals surface area (Å²) in [6.45, 7) is 3.59. The highest BCUT2D eigenvalue weighted by Crippen LogP contribution is 2.13. The highest BCUT2D eigenvalue weighted by atomic mass is 35.5. The molecular formula is C15H19ClN2O4. The maximum atomic E-state index is 12.1. The molecule has 2 amide bonds. The lowest BCUT2D eigenvalue weighted by molar-refractivity contribution is -0.144. The van der Waals surface area contributed by atoms with Crippen LogP contribution < -0.4 is 11.1 Å². The van der Waals surface area contributed by atoms with Crippen molar-refractivity contribution in [3.05, 3.63) is 34.9 Å². The molecule has 0 radical (unpaired) electrons. The summed E-state index contributed by atoms with van der Waals surface area (Å²) in [5, 5.41) is 3.03. The van der Waals surface area contributed by atoms with Crippen molar-refractivity contribution in [1.82, 2.24) is 5.32 Å². The number of amides is 2. The minimum atomic E-state index is -0.965. The van der Waals surface area contributed by atoms with E-state index in [-0.39, 0.29) is 13.0 Å². The Kier molecular flexibility index (Phi) is 6.85. The van der Waals surface area contributed by atoms with E-state index in [0.29, 0.717) is 10.6 Å². The van der Waals surface area contributed by atoms with Crippen molar-refractivity contribution in [2.45, 2.75) is 26.3 Å². The molecule has 22 heavy (non-hydrogen) atoms. The number of nitrogens with one attached hydrogen (secondary N) is 1. The maximum absolute atomic E-state index is 12.1. The Morgan fingerprint density at radius 2 is 1.86 bits per heavy atom. The normalized spacial score (nSPS) is 13.0. The number of carbonyl (C=O) groups excluding carboxylic acids is 3. The Morgan fingerprint density at radius 3 is 2.36 bits per heavy atom. The molecule has 0 fully saturated rings. The van der Waals surface area contributed by atoms with Crippen LogP contribution in [0.4, 0.5) is 0 Å². The van der Waals surface area contributed by atoms with E-state index in [1.807, 2.05) is 0 Å². The zero-order valence-corrected chi connectivity index (χ0v) is 13.2. The van der Waals surface area contributed by atoms with Crippen molar-refractivity contribution in [1.29, 1.82) is 0 Å². The van der Waals surface area contributed by atoms with E-state index in [1.54, 1.807) is 26.0 Å². The minimum absolute atomic E-state index is 0.0116. The lowest BCUT2D eigenvalue weighted by Crippen LogP contribution is -2.49. The van der Waals surface area contributed by atoms with Crippen LogP contribution in [0.15, 0.2) is 24.3 Å². The fourth-order valence-corrected chi connectivity index (χ4v) is 2.05. The van der Waals surface area contributed by atoms with Gasteiger partial charge in [-0.05, 0) is 37.1 Å². The molecule has 0 spiro atoms. The fourth-order valence-electron chi connectivity index (χ4n) is 1.92. The molecule has 2 atom stereocenters. The molecule has 0 unspecified atom stereocenters. The fraction of sp³-hybridized carbons (Fsp3) is 0.400. The number of halogens is 1. The second-order valence-corrected chi connectivity index (χ2v) is 5.28. The van der Waals surface area contributed by atoms with Gasteiger partial charge in [-0.25, -0.2) is 0 Å². The molecule has 0 aliphatic heterocycles. The second kappa shape index (κ2) is 8.38. The van der Waals surface area contributed by atoms with Crippen molar-refractivity contribution >= 4 is 29.4 Å². The van der Waals surface area contributed by atoms with E-state index in [2.05, 4.69) is 5.32 Å². The lowest BCUT2D eigenvalue weighted by atomic mass is 9.97. The van der Waals surface area contributed by atoms with Crippen molar-refractivity contribution in [2.24, 2.45) is 11.7 Å². The van der Waals surface area contributed by atoms with E-state index in [0.717, 1.165) is 0 Å². The Morgan fingerprint density at radius 1 is 1.27 bits per heavy atom. The van der Waals surface area contributed by atoms with Gasteiger partial charge >= 0.3 is 5.97 Å². The van der Waals surface area contributed by atoms with Crippen LogP contribution in [0.2, 0.25) is 5.02 Å². The Balaban J connectivity index is 2.75. The molecule has 0 saturated heterocycles. The molecule has 0 saturated carbocycles. The Hall–Kier alpha value is -2.08. The molecule has 0 aliphatic rings. The van der Waals surface area contributed by atoms with Gasteiger partial charge in [0.15, 0.2) is 0 Å². The van der Waals surface area contributed by atoms with Crippen LogP contribution in [0.1, 0.15) is 30.6 Å².